The molecule has 2 aliphatic rings. The molecule has 5 nitrogen and oxygen atoms in total. The molecule has 0 bridgehead atoms. The average molecular weight is 484 g/mol. The van der Waals surface area contributed by atoms with Gasteiger partial charge in [-0.2, -0.15) is 0 Å². The van der Waals surface area contributed by atoms with Crippen LogP contribution in [-0.4, -0.2) is 27.9 Å². The number of hydrogen-bond acceptors (Lipinski definition) is 4. The molecule has 4 rings (SSSR count). The first-order valence-electron chi connectivity index (χ1n) is 12.8. The molecule has 0 N–H and O–H groups in total. The Labute approximate surface area is 204 Å². The summed E-state index contributed by atoms with van der Waals surface area (Å²) in [7, 11) is -2.20. The Kier molecular flexibility index (Phi) is 8.30. The van der Waals surface area contributed by atoms with Gasteiger partial charge >= 0.3 is 0 Å². The second-order valence-corrected chi connectivity index (χ2v) is 11.5. The number of fused-ring (bicyclic) bond motifs is 1. The molecule has 0 heterocycles. The summed E-state index contributed by atoms with van der Waals surface area (Å²) < 4.78 is 34.2. The van der Waals surface area contributed by atoms with Crippen molar-refractivity contribution in [1.29, 1.82) is 0 Å². The highest BCUT2D eigenvalue weighted by molar-refractivity contribution is 7.92. The van der Waals surface area contributed by atoms with E-state index >= 15 is 0 Å². The van der Waals surface area contributed by atoms with Gasteiger partial charge in [0, 0.05) is 18.9 Å². The third kappa shape index (κ3) is 5.83. The summed E-state index contributed by atoms with van der Waals surface area (Å²) in [6, 6.07) is 12.6. The van der Waals surface area contributed by atoms with E-state index in [4.69, 9.17) is 4.74 Å². The minimum Gasteiger partial charge on any atom is -0.497 e. The van der Waals surface area contributed by atoms with Gasteiger partial charge in [0.05, 0.1) is 17.7 Å². The number of hydrogen-bond donors (Lipinski definition) is 0. The lowest BCUT2D eigenvalue weighted by Gasteiger charge is -2.27. The van der Waals surface area contributed by atoms with Gasteiger partial charge < -0.3 is 4.74 Å². The number of aryl methyl sites for hydroxylation is 2. The van der Waals surface area contributed by atoms with Crippen molar-refractivity contribution in [3.63, 3.8) is 0 Å². The lowest BCUT2D eigenvalue weighted by Crippen LogP contribution is -2.32. The number of ketones is 1. The predicted octanol–water partition coefficient (Wildman–Crippen LogP) is 6.09. The van der Waals surface area contributed by atoms with E-state index in [1.165, 1.54) is 34.7 Å². The van der Waals surface area contributed by atoms with E-state index in [9.17, 15) is 13.2 Å². The average Bonchev–Trinajstić information content (AvgIpc) is 3.16. The van der Waals surface area contributed by atoms with Crippen LogP contribution in [0.15, 0.2) is 47.4 Å². The number of benzene rings is 2. The fraction of sp³-hybridized carbons (Fsp3) is 0.536. The second-order valence-electron chi connectivity index (χ2n) is 9.67. The Morgan fingerprint density at radius 2 is 1.59 bits per heavy atom. The summed E-state index contributed by atoms with van der Waals surface area (Å²) >= 11 is 0. The first-order valence-corrected chi connectivity index (χ1v) is 14.2. The molecule has 2 aromatic carbocycles. The van der Waals surface area contributed by atoms with Crippen LogP contribution >= 0.6 is 0 Å². The van der Waals surface area contributed by atoms with Gasteiger partial charge in [-0.1, -0.05) is 31.7 Å². The van der Waals surface area contributed by atoms with Crippen LogP contribution in [0.4, 0.5) is 5.69 Å². The first kappa shape index (κ1) is 24.8. The minimum atomic E-state index is -3.77. The summed E-state index contributed by atoms with van der Waals surface area (Å²) in [4.78, 5) is 13.1. The normalized spacial score (nSPS) is 17.0. The molecule has 184 valence electrons. The van der Waals surface area contributed by atoms with Crippen LogP contribution in [0.1, 0.15) is 75.3 Å². The van der Waals surface area contributed by atoms with E-state index < -0.39 is 10.0 Å². The largest absolute Gasteiger partial charge is 0.497 e. The van der Waals surface area contributed by atoms with E-state index in [0.29, 0.717) is 36.6 Å². The molecular weight excluding hydrogens is 446 g/mol. The van der Waals surface area contributed by atoms with E-state index in [2.05, 4.69) is 6.07 Å². The van der Waals surface area contributed by atoms with Crippen LogP contribution in [-0.2, 0) is 27.7 Å². The summed E-state index contributed by atoms with van der Waals surface area (Å²) in [6.45, 7) is 0.297. The van der Waals surface area contributed by atoms with Crippen molar-refractivity contribution >= 4 is 21.5 Å². The number of carbonyl (C=O) groups excluding carboxylic acids is 1. The third-order valence-electron chi connectivity index (χ3n) is 7.36. The molecule has 0 saturated heterocycles. The summed E-state index contributed by atoms with van der Waals surface area (Å²) in [5.41, 5.74) is 3.26. The number of rotatable bonds is 9. The molecule has 0 aromatic heterocycles. The Morgan fingerprint density at radius 1 is 0.912 bits per heavy atom. The summed E-state index contributed by atoms with van der Waals surface area (Å²) in [6.07, 6.45) is 12.0. The highest BCUT2D eigenvalue weighted by Gasteiger charge is 2.27. The van der Waals surface area contributed by atoms with Gasteiger partial charge in [0.1, 0.15) is 11.5 Å². The summed E-state index contributed by atoms with van der Waals surface area (Å²) in [5, 5.41) is 0. The molecule has 0 atom stereocenters. The number of sulfonamides is 1. The Balaban J connectivity index is 1.55. The number of anilines is 1. The summed E-state index contributed by atoms with van der Waals surface area (Å²) in [5.74, 6) is 1.07. The molecule has 0 aliphatic heterocycles. The Hall–Kier alpha value is -2.34. The van der Waals surface area contributed by atoms with Gasteiger partial charge in [0.25, 0.3) is 10.0 Å². The fourth-order valence-corrected chi connectivity index (χ4v) is 6.84. The smallest absolute Gasteiger partial charge is 0.264 e. The maximum atomic E-state index is 13.7. The van der Waals surface area contributed by atoms with Crippen molar-refractivity contribution in [2.45, 2.75) is 81.9 Å². The zero-order valence-corrected chi connectivity index (χ0v) is 21.1. The number of Topliss-reactive ketones (excluding diaryl/α,β-unsaturated/α-hetero) is 1. The van der Waals surface area contributed by atoms with Crippen molar-refractivity contribution in [3.05, 3.63) is 53.6 Å². The lowest BCUT2D eigenvalue weighted by atomic mass is 9.91. The van der Waals surface area contributed by atoms with Crippen molar-refractivity contribution in [3.8, 4) is 5.75 Å². The fourth-order valence-electron chi connectivity index (χ4n) is 5.34. The first-order chi connectivity index (χ1) is 16.5. The predicted molar refractivity (Wildman–Crippen MR) is 136 cm³/mol. The highest BCUT2D eigenvalue weighted by Crippen LogP contribution is 2.31. The van der Waals surface area contributed by atoms with Crippen molar-refractivity contribution in [1.82, 2.24) is 0 Å². The van der Waals surface area contributed by atoms with Crippen molar-refractivity contribution in [2.24, 2.45) is 5.92 Å². The van der Waals surface area contributed by atoms with Gasteiger partial charge in [0.15, 0.2) is 0 Å². The Bertz CT molecular complexity index is 1070. The molecule has 1 saturated carbocycles. The standard InChI is InChI=1S/C28H37NO4S/c1-33-26-16-18-27(19-17-26)34(31,32)29(25-15-14-22-9-6-7-12-24(22)21-25)20-8-13-28(30)23-10-4-2-3-5-11-23/h14-19,21,23H,2-13,20H2,1H3. The quantitative estimate of drug-likeness (QED) is 0.405. The van der Waals surface area contributed by atoms with E-state index in [1.807, 2.05) is 12.1 Å². The third-order valence-corrected chi connectivity index (χ3v) is 9.20. The van der Waals surface area contributed by atoms with E-state index in [1.54, 1.807) is 31.4 Å². The lowest BCUT2D eigenvalue weighted by molar-refractivity contribution is -0.123. The maximum absolute atomic E-state index is 13.7. The number of methoxy groups -OCH3 is 1. The molecule has 0 spiro atoms. The molecule has 0 radical (unpaired) electrons. The highest BCUT2D eigenvalue weighted by atomic mass is 32.2. The number of ether oxygens (including phenoxy) is 1. The molecular formula is C28H37NO4S. The number of nitrogens with zero attached hydrogens (tertiary/aromatic N) is 1. The SMILES string of the molecule is COc1ccc(S(=O)(=O)N(CCCC(=O)C2CCCCCC2)c2ccc3c(c2)CCCC3)cc1. The molecule has 1 fully saturated rings. The van der Waals surface area contributed by atoms with Crippen molar-refractivity contribution < 1.29 is 17.9 Å². The zero-order chi connectivity index (χ0) is 24.0. The van der Waals surface area contributed by atoms with Crippen LogP contribution in [0.25, 0.3) is 0 Å². The van der Waals surface area contributed by atoms with Gasteiger partial charge in [0.2, 0.25) is 0 Å². The molecule has 0 amide bonds. The van der Waals surface area contributed by atoms with Gasteiger partial charge in [-0.3, -0.25) is 9.10 Å². The zero-order valence-electron chi connectivity index (χ0n) is 20.3. The second kappa shape index (κ2) is 11.4. The molecule has 6 heteroatoms. The molecule has 2 aromatic rings. The molecule has 0 unspecified atom stereocenters. The van der Waals surface area contributed by atoms with E-state index in [0.717, 1.165) is 44.9 Å². The molecule has 2 aliphatic carbocycles. The van der Waals surface area contributed by atoms with Crippen LogP contribution in [0.3, 0.4) is 0 Å². The maximum Gasteiger partial charge on any atom is 0.264 e. The van der Waals surface area contributed by atoms with Crippen LogP contribution in [0, 0.1) is 5.92 Å². The van der Waals surface area contributed by atoms with Crippen LogP contribution in [0.2, 0.25) is 0 Å². The molecule has 34 heavy (non-hydrogen) atoms. The van der Waals surface area contributed by atoms with Gasteiger partial charge in [-0.25, -0.2) is 8.42 Å². The number of carbonyl (C=O) groups is 1. The topological polar surface area (TPSA) is 63.7 Å². The van der Waals surface area contributed by atoms with Gasteiger partial charge in [-0.05, 0) is 92.5 Å². The monoisotopic (exact) mass is 483 g/mol. The minimum absolute atomic E-state index is 0.151. The van der Waals surface area contributed by atoms with Crippen LogP contribution in [0.5, 0.6) is 5.75 Å². The Morgan fingerprint density at radius 3 is 2.26 bits per heavy atom. The van der Waals surface area contributed by atoms with E-state index in [-0.39, 0.29) is 10.8 Å². The van der Waals surface area contributed by atoms with Crippen molar-refractivity contribution in [2.75, 3.05) is 18.0 Å². The van der Waals surface area contributed by atoms with Gasteiger partial charge in [-0.15, -0.1) is 0 Å². The van der Waals surface area contributed by atoms with Crippen LogP contribution < -0.4 is 9.04 Å².